The molecule has 1 aliphatic heterocycles. The van der Waals surface area contributed by atoms with Crippen molar-refractivity contribution >= 4 is 18.0 Å². The summed E-state index contributed by atoms with van der Waals surface area (Å²) in [6, 6.07) is 9.95. The highest BCUT2D eigenvalue weighted by Gasteiger charge is 2.35. The molecule has 0 saturated carbocycles. The van der Waals surface area contributed by atoms with Crippen molar-refractivity contribution in [1.82, 2.24) is 5.01 Å². The quantitative estimate of drug-likeness (QED) is 0.617. The Kier molecular flexibility index (Phi) is 4.38. The van der Waals surface area contributed by atoms with E-state index in [2.05, 4.69) is 5.10 Å². The molecule has 0 saturated heterocycles. The second kappa shape index (κ2) is 6.64. The van der Waals surface area contributed by atoms with Crippen LogP contribution in [0.1, 0.15) is 26.3 Å². The molecule has 0 atom stereocenters. The lowest BCUT2D eigenvalue weighted by Gasteiger charge is -2.13. The zero-order valence-corrected chi connectivity index (χ0v) is 14.0. The Balaban J connectivity index is 1.93. The van der Waals surface area contributed by atoms with Crippen molar-refractivity contribution in [2.45, 2.75) is 0 Å². The Morgan fingerprint density at radius 2 is 1.40 bits per heavy atom. The van der Waals surface area contributed by atoms with Crippen LogP contribution in [0.15, 0.2) is 41.5 Å². The predicted molar refractivity (Wildman–Crippen MR) is 90.6 cm³/mol. The molecule has 2 aromatic rings. The average molecular weight is 340 g/mol. The Morgan fingerprint density at radius 3 is 1.84 bits per heavy atom. The van der Waals surface area contributed by atoms with Crippen molar-refractivity contribution in [3.8, 4) is 17.2 Å². The maximum absolute atomic E-state index is 12.3. The Morgan fingerprint density at radius 1 is 0.880 bits per heavy atom. The second-order valence-electron chi connectivity index (χ2n) is 5.17. The van der Waals surface area contributed by atoms with E-state index in [4.69, 9.17) is 14.2 Å². The highest BCUT2D eigenvalue weighted by atomic mass is 16.5. The van der Waals surface area contributed by atoms with E-state index in [1.807, 2.05) is 0 Å². The van der Waals surface area contributed by atoms with Crippen molar-refractivity contribution in [3.63, 3.8) is 0 Å². The van der Waals surface area contributed by atoms with Crippen molar-refractivity contribution in [2.24, 2.45) is 5.10 Å². The zero-order valence-electron chi connectivity index (χ0n) is 14.0. The van der Waals surface area contributed by atoms with Gasteiger partial charge >= 0.3 is 0 Å². The number of hydrogen-bond donors (Lipinski definition) is 0. The van der Waals surface area contributed by atoms with Crippen LogP contribution in [-0.2, 0) is 0 Å². The third-order valence-electron chi connectivity index (χ3n) is 3.78. The van der Waals surface area contributed by atoms with Crippen LogP contribution >= 0.6 is 0 Å². The molecule has 0 radical (unpaired) electrons. The van der Waals surface area contributed by atoms with Gasteiger partial charge in [0.25, 0.3) is 11.8 Å². The minimum atomic E-state index is -0.454. The van der Waals surface area contributed by atoms with Crippen LogP contribution in [0.5, 0.6) is 17.2 Å². The highest BCUT2D eigenvalue weighted by molar-refractivity contribution is 6.21. The van der Waals surface area contributed by atoms with Crippen LogP contribution in [0.2, 0.25) is 0 Å². The molecule has 0 unspecified atom stereocenters. The number of benzene rings is 2. The Labute approximate surface area is 144 Å². The van der Waals surface area contributed by atoms with Gasteiger partial charge in [0.05, 0.1) is 38.7 Å². The Bertz CT molecular complexity index is 816. The van der Waals surface area contributed by atoms with Crippen molar-refractivity contribution in [2.75, 3.05) is 21.3 Å². The van der Waals surface area contributed by atoms with E-state index in [0.717, 1.165) is 5.01 Å². The number of rotatable bonds is 5. The van der Waals surface area contributed by atoms with E-state index in [-0.39, 0.29) is 0 Å². The Hall–Kier alpha value is -3.35. The van der Waals surface area contributed by atoms with E-state index < -0.39 is 11.8 Å². The summed E-state index contributed by atoms with van der Waals surface area (Å²) in [5.74, 6) is 0.438. The number of amides is 2. The van der Waals surface area contributed by atoms with Crippen molar-refractivity contribution < 1.29 is 23.8 Å². The smallest absolute Gasteiger partial charge is 0.282 e. The summed E-state index contributed by atoms with van der Waals surface area (Å²) in [6.45, 7) is 0. The number of nitrogens with zero attached hydrogens (tertiary/aromatic N) is 2. The van der Waals surface area contributed by atoms with Gasteiger partial charge in [-0.3, -0.25) is 9.59 Å². The number of carbonyl (C=O) groups is 2. The number of methoxy groups -OCH3 is 3. The third kappa shape index (κ3) is 2.80. The molecule has 0 N–H and O–H groups in total. The number of hydrazone groups is 1. The van der Waals surface area contributed by atoms with Gasteiger partial charge in [0.15, 0.2) is 11.5 Å². The lowest BCUT2D eigenvalue weighted by molar-refractivity contribution is 0.0660. The van der Waals surface area contributed by atoms with Crippen LogP contribution in [0.4, 0.5) is 0 Å². The van der Waals surface area contributed by atoms with Crippen LogP contribution in [0.3, 0.4) is 0 Å². The normalized spacial score (nSPS) is 13.3. The fourth-order valence-corrected chi connectivity index (χ4v) is 2.58. The highest BCUT2D eigenvalue weighted by Crippen LogP contribution is 2.37. The van der Waals surface area contributed by atoms with Crippen LogP contribution in [-0.4, -0.2) is 44.4 Å². The van der Waals surface area contributed by atoms with Gasteiger partial charge in [-0.25, -0.2) is 0 Å². The van der Waals surface area contributed by atoms with Gasteiger partial charge < -0.3 is 14.2 Å². The minimum Gasteiger partial charge on any atom is -0.493 e. The molecule has 2 amide bonds. The molecule has 0 aromatic heterocycles. The second-order valence-corrected chi connectivity index (χ2v) is 5.17. The number of hydrogen-bond acceptors (Lipinski definition) is 6. The summed E-state index contributed by atoms with van der Waals surface area (Å²) < 4.78 is 15.8. The summed E-state index contributed by atoms with van der Waals surface area (Å²) in [5.41, 5.74) is 1.27. The van der Waals surface area contributed by atoms with Crippen molar-refractivity contribution in [1.29, 1.82) is 0 Å². The molecule has 7 heteroatoms. The molecular formula is C18H16N2O5. The van der Waals surface area contributed by atoms with Crippen LogP contribution < -0.4 is 14.2 Å². The van der Waals surface area contributed by atoms with Gasteiger partial charge in [-0.05, 0) is 24.3 Å². The first-order valence-corrected chi connectivity index (χ1v) is 7.42. The monoisotopic (exact) mass is 340 g/mol. The topological polar surface area (TPSA) is 77.4 Å². The molecule has 0 fully saturated rings. The molecule has 0 spiro atoms. The molecule has 128 valence electrons. The summed E-state index contributed by atoms with van der Waals surface area (Å²) in [6.07, 6.45) is 1.40. The van der Waals surface area contributed by atoms with Crippen molar-refractivity contribution in [3.05, 3.63) is 53.1 Å². The number of ether oxygens (including phenoxy) is 3. The summed E-state index contributed by atoms with van der Waals surface area (Å²) in [7, 11) is 4.51. The number of fused-ring (bicyclic) bond motifs is 1. The molecule has 2 aromatic carbocycles. The first-order valence-electron chi connectivity index (χ1n) is 7.42. The third-order valence-corrected chi connectivity index (χ3v) is 3.78. The molecular weight excluding hydrogens is 324 g/mol. The molecule has 1 aliphatic rings. The molecule has 0 bridgehead atoms. The summed E-state index contributed by atoms with van der Waals surface area (Å²) in [4.78, 5) is 24.6. The minimum absolute atomic E-state index is 0.342. The maximum atomic E-state index is 12.3. The van der Waals surface area contributed by atoms with Gasteiger partial charge in [0.2, 0.25) is 5.75 Å². The lowest BCUT2D eigenvalue weighted by Crippen LogP contribution is -2.24. The molecule has 1 heterocycles. The molecule has 25 heavy (non-hydrogen) atoms. The van der Waals surface area contributed by atoms with Gasteiger partial charge in [0.1, 0.15) is 0 Å². The molecule has 3 rings (SSSR count). The fraction of sp³-hybridized carbons (Fsp3) is 0.167. The maximum Gasteiger partial charge on any atom is 0.282 e. The van der Waals surface area contributed by atoms with Gasteiger partial charge in [-0.1, -0.05) is 12.1 Å². The first-order chi connectivity index (χ1) is 12.1. The van der Waals surface area contributed by atoms with E-state index in [1.165, 1.54) is 27.5 Å². The van der Waals surface area contributed by atoms with E-state index >= 15 is 0 Å². The van der Waals surface area contributed by atoms with E-state index in [0.29, 0.717) is 33.9 Å². The molecule has 0 aliphatic carbocycles. The lowest BCUT2D eigenvalue weighted by atomic mass is 10.1. The summed E-state index contributed by atoms with van der Waals surface area (Å²) >= 11 is 0. The SMILES string of the molecule is COc1cc(/C=N\N2C(=O)c3ccccc3C2=O)cc(OC)c1OC. The largest absolute Gasteiger partial charge is 0.493 e. The predicted octanol–water partition coefficient (Wildman–Crippen LogP) is 2.34. The molecule has 7 nitrogen and oxygen atoms in total. The number of carbonyl (C=O) groups excluding carboxylic acids is 2. The summed E-state index contributed by atoms with van der Waals surface area (Å²) in [5, 5.41) is 4.87. The van der Waals surface area contributed by atoms with Gasteiger partial charge in [0, 0.05) is 5.56 Å². The average Bonchev–Trinajstić information content (AvgIpc) is 2.89. The number of imide groups is 1. The van der Waals surface area contributed by atoms with E-state index in [9.17, 15) is 9.59 Å². The van der Waals surface area contributed by atoms with E-state index in [1.54, 1.807) is 36.4 Å². The first kappa shape index (κ1) is 16.5. The van der Waals surface area contributed by atoms with Gasteiger partial charge in [-0.15, -0.1) is 0 Å². The zero-order chi connectivity index (χ0) is 18.0. The van der Waals surface area contributed by atoms with Crippen LogP contribution in [0, 0.1) is 0 Å². The van der Waals surface area contributed by atoms with Gasteiger partial charge in [-0.2, -0.15) is 10.1 Å². The standard InChI is InChI=1S/C18H16N2O5/c1-23-14-8-11(9-15(24-2)16(14)25-3)10-19-20-17(21)12-6-4-5-7-13(12)18(20)22/h4-10H,1-3H3/b19-10-. The van der Waals surface area contributed by atoms with Crippen LogP contribution in [0.25, 0.3) is 0 Å². The fourth-order valence-electron chi connectivity index (χ4n) is 2.58.